The third-order valence-electron chi connectivity index (χ3n) is 6.12. The second kappa shape index (κ2) is 10.1. The number of nitrogens with zero attached hydrogens (tertiary/aromatic N) is 3. The van der Waals surface area contributed by atoms with Crippen molar-refractivity contribution in [3.05, 3.63) is 52.7 Å². The van der Waals surface area contributed by atoms with Crippen molar-refractivity contribution in [2.45, 2.75) is 24.3 Å². The second-order valence-electron chi connectivity index (χ2n) is 8.19. The Balaban J connectivity index is 1.18. The minimum atomic E-state index is -3.49. The van der Waals surface area contributed by atoms with Gasteiger partial charge >= 0.3 is 6.03 Å². The van der Waals surface area contributed by atoms with E-state index >= 15 is 0 Å². The molecule has 2 aliphatic rings. The summed E-state index contributed by atoms with van der Waals surface area (Å²) in [5, 5.41) is 5.19. The summed E-state index contributed by atoms with van der Waals surface area (Å²) in [4.78, 5) is 18.5. The predicted octanol–water partition coefficient (Wildman–Crippen LogP) is 2.68. The number of carbonyl (C=O) groups is 1. The fourth-order valence-electron chi connectivity index (χ4n) is 4.19. The van der Waals surface area contributed by atoms with Crippen LogP contribution in [0.1, 0.15) is 17.7 Å². The van der Waals surface area contributed by atoms with Crippen molar-refractivity contribution in [1.29, 1.82) is 0 Å². The summed E-state index contributed by atoms with van der Waals surface area (Å²) in [5.41, 5.74) is 0. The zero-order valence-electron chi connectivity index (χ0n) is 17.7. The number of rotatable bonds is 6. The molecule has 0 spiro atoms. The molecule has 4 rings (SSSR count). The van der Waals surface area contributed by atoms with Crippen LogP contribution in [0.3, 0.4) is 0 Å². The maximum absolute atomic E-state index is 12.7. The Bertz CT molecular complexity index is 934. The molecule has 1 aromatic carbocycles. The van der Waals surface area contributed by atoms with Crippen LogP contribution in [0, 0.1) is 5.92 Å². The van der Waals surface area contributed by atoms with Gasteiger partial charge in [-0.15, -0.1) is 11.3 Å². The van der Waals surface area contributed by atoms with E-state index < -0.39 is 10.0 Å². The SMILES string of the molecule is O=C(NCC1CCN(Cc2cccs2)CC1)N1CCN(S(=O)(=O)c2ccccc2)CC1. The monoisotopic (exact) mass is 462 g/mol. The summed E-state index contributed by atoms with van der Waals surface area (Å²) in [7, 11) is -3.49. The van der Waals surface area contributed by atoms with Crippen LogP contribution in [-0.2, 0) is 16.6 Å². The first kappa shape index (κ1) is 22.3. The first-order valence-corrected chi connectivity index (χ1v) is 13.2. The number of sulfonamides is 1. The average Bonchev–Trinajstić information content (AvgIpc) is 3.32. The van der Waals surface area contributed by atoms with E-state index in [1.165, 1.54) is 9.18 Å². The lowest BCUT2D eigenvalue weighted by Gasteiger charge is -2.35. The zero-order valence-corrected chi connectivity index (χ0v) is 19.3. The van der Waals surface area contributed by atoms with E-state index in [2.05, 4.69) is 27.7 Å². The molecular weight excluding hydrogens is 432 g/mol. The number of hydrogen-bond acceptors (Lipinski definition) is 5. The van der Waals surface area contributed by atoms with Crippen molar-refractivity contribution in [3.63, 3.8) is 0 Å². The molecule has 0 radical (unpaired) electrons. The summed E-state index contributed by atoms with van der Waals surface area (Å²) in [6, 6.07) is 12.7. The van der Waals surface area contributed by atoms with E-state index in [0.29, 0.717) is 43.5 Å². The van der Waals surface area contributed by atoms with Crippen molar-refractivity contribution < 1.29 is 13.2 Å². The Labute approximate surface area is 188 Å². The third-order valence-corrected chi connectivity index (χ3v) is 8.89. The molecule has 2 saturated heterocycles. The number of piperidine rings is 1. The van der Waals surface area contributed by atoms with Gasteiger partial charge in [0.05, 0.1) is 4.90 Å². The lowest BCUT2D eigenvalue weighted by Crippen LogP contribution is -2.53. The lowest BCUT2D eigenvalue weighted by molar-refractivity contribution is 0.159. The normalized spacial score (nSPS) is 19.4. The van der Waals surface area contributed by atoms with Crippen LogP contribution in [0.5, 0.6) is 0 Å². The molecule has 7 nitrogen and oxygen atoms in total. The van der Waals surface area contributed by atoms with E-state index in [-0.39, 0.29) is 6.03 Å². The molecule has 168 valence electrons. The first-order chi connectivity index (χ1) is 15.0. The predicted molar refractivity (Wildman–Crippen MR) is 122 cm³/mol. The van der Waals surface area contributed by atoms with Gasteiger partial charge in [-0.2, -0.15) is 4.31 Å². The molecule has 1 N–H and O–H groups in total. The lowest BCUT2D eigenvalue weighted by atomic mass is 9.97. The van der Waals surface area contributed by atoms with E-state index in [0.717, 1.165) is 32.5 Å². The van der Waals surface area contributed by atoms with Gasteiger partial charge in [0.2, 0.25) is 10.0 Å². The molecule has 31 heavy (non-hydrogen) atoms. The van der Waals surface area contributed by atoms with Crippen LogP contribution in [-0.4, -0.2) is 74.4 Å². The van der Waals surface area contributed by atoms with Gasteiger partial charge in [0.15, 0.2) is 0 Å². The van der Waals surface area contributed by atoms with Gasteiger partial charge in [-0.25, -0.2) is 13.2 Å². The quantitative estimate of drug-likeness (QED) is 0.716. The highest BCUT2D eigenvalue weighted by Gasteiger charge is 2.30. The average molecular weight is 463 g/mol. The number of benzene rings is 1. The number of piperazine rings is 1. The van der Waals surface area contributed by atoms with E-state index in [1.54, 1.807) is 46.6 Å². The Morgan fingerprint density at radius 2 is 1.68 bits per heavy atom. The van der Waals surface area contributed by atoms with Gasteiger partial charge < -0.3 is 10.2 Å². The molecule has 1 aromatic heterocycles. The number of amides is 2. The number of carbonyl (C=O) groups excluding carboxylic acids is 1. The highest BCUT2D eigenvalue weighted by atomic mass is 32.2. The molecule has 2 fully saturated rings. The number of likely N-dealkylation sites (tertiary alicyclic amines) is 1. The zero-order chi connectivity index (χ0) is 21.7. The molecule has 0 unspecified atom stereocenters. The maximum Gasteiger partial charge on any atom is 0.317 e. The van der Waals surface area contributed by atoms with Crippen LogP contribution >= 0.6 is 11.3 Å². The summed E-state index contributed by atoms with van der Waals surface area (Å²) < 4.78 is 26.9. The van der Waals surface area contributed by atoms with Gasteiger partial charge in [0.25, 0.3) is 0 Å². The molecule has 2 amide bonds. The standard InChI is InChI=1S/C22H30N4O3S2/c27-22(23-17-19-8-10-24(11-9-19)18-20-5-4-16-30-20)25-12-14-26(15-13-25)31(28,29)21-6-2-1-3-7-21/h1-7,16,19H,8-15,17-18H2,(H,23,27). The Morgan fingerprint density at radius 1 is 0.968 bits per heavy atom. The molecule has 0 aliphatic carbocycles. The molecule has 0 bridgehead atoms. The molecule has 2 aliphatic heterocycles. The van der Waals surface area contributed by atoms with Gasteiger partial charge in [0.1, 0.15) is 0 Å². The number of nitrogens with one attached hydrogen (secondary N) is 1. The van der Waals surface area contributed by atoms with Crippen LogP contribution < -0.4 is 5.32 Å². The van der Waals surface area contributed by atoms with Crippen LogP contribution in [0.4, 0.5) is 4.79 Å². The van der Waals surface area contributed by atoms with Crippen molar-refractivity contribution in [3.8, 4) is 0 Å². The van der Waals surface area contributed by atoms with Crippen LogP contribution in [0.2, 0.25) is 0 Å². The Morgan fingerprint density at radius 3 is 2.32 bits per heavy atom. The van der Waals surface area contributed by atoms with Gasteiger partial charge in [-0.05, 0) is 55.4 Å². The van der Waals surface area contributed by atoms with Gasteiger partial charge in [-0.3, -0.25) is 4.90 Å². The summed E-state index contributed by atoms with van der Waals surface area (Å²) in [6.07, 6.45) is 2.18. The minimum absolute atomic E-state index is 0.0854. The van der Waals surface area contributed by atoms with Gasteiger partial charge in [-0.1, -0.05) is 24.3 Å². The highest BCUT2D eigenvalue weighted by molar-refractivity contribution is 7.89. The molecule has 3 heterocycles. The maximum atomic E-state index is 12.7. The van der Waals surface area contributed by atoms with Gasteiger partial charge in [0, 0.05) is 44.1 Å². The van der Waals surface area contributed by atoms with Crippen molar-refractivity contribution in [1.82, 2.24) is 19.4 Å². The van der Waals surface area contributed by atoms with E-state index in [9.17, 15) is 13.2 Å². The van der Waals surface area contributed by atoms with Crippen LogP contribution in [0.25, 0.3) is 0 Å². The van der Waals surface area contributed by atoms with Crippen molar-refractivity contribution in [2.24, 2.45) is 5.92 Å². The van der Waals surface area contributed by atoms with Crippen LogP contribution in [0.15, 0.2) is 52.7 Å². The smallest absolute Gasteiger partial charge is 0.317 e. The summed E-state index contributed by atoms with van der Waals surface area (Å²) in [5.74, 6) is 0.503. The first-order valence-electron chi connectivity index (χ1n) is 10.8. The Kier molecular flexibility index (Phi) is 7.27. The van der Waals surface area contributed by atoms with Crippen molar-refractivity contribution in [2.75, 3.05) is 45.8 Å². The molecule has 9 heteroatoms. The molecular formula is C22H30N4O3S2. The number of urea groups is 1. The minimum Gasteiger partial charge on any atom is -0.338 e. The molecule has 0 saturated carbocycles. The topological polar surface area (TPSA) is 73.0 Å². The molecule has 2 aromatic rings. The summed E-state index contributed by atoms with van der Waals surface area (Å²) in [6.45, 7) is 5.32. The largest absolute Gasteiger partial charge is 0.338 e. The summed E-state index contributed by atoms with van der Waals surface area (Å²) >= 11 is 1.80. The number of thiophene rings is 1. The van der Waals surface area contributed by atoms with E-state index in [4.69, 9.17) is 0 Å². The Hall–Kier alpha value is -1.94. The molecule has 0 atom stereocenters. The fraction of sp³-hybridized carbons (Fsp3) is 0.500. The number of hydrogen-bond donors (Lipinski definition) is 1. The fourth-order valence-corrected chi connectivity index (χ4v) is 6.38. The third kappa shape index (κ3) is 5.65. The second-order valence-corrected chi connectivity index (χ2v) is 11.2. The highest BCUT2D eigenvalue weighted by Crippen LogP contribution is 2.21. The van der Waals surface area contributed by atoms with E-state index in [1.807, 2.05) is 0 Å². The van der Waals surface area contributed by atoms with Crippen molar-refractivity contribution >= 4 is 27.4 Å².